The maximum Gasteiger partial charge on any atom is 0.407 e. The molecule has 0 radical (unpaired) electrons. The van der Waals surface area contributed by atoms with Crippen LogP contribution in [0.15, 0.2) is 36.0 Å². The number of carbonyl (C=O) groups is 2. The van der Waals surface area contributed by atoms with Crippen LogP contribution in [0.25, 0.3) is 0 Å². The summed E-state index contributed by atoms with van der Waals surface area (Å²) in [6.45, 7) is 14.9. The molecule has 2 fully saturated rings. The van der Waals surface area contributed by atoms with Crippen molar-refractivity contribution in [3.8, 4) is 0 Å². The minimum absolute atomic E-state index is 0.00733. The van der Waals surface area contributed by atoms with E-state index >= 15 is 0 Å². The second-order valence-corrected chi connectivity index (χ2v) is 13.7. The second kappa shape index (κ2) is 17.6. The van der Waals surface area contributed by atoms with Gasteiger partial charge in [-0.25, -0.2) is 4.79 Å². The predicted molar refractivity (Wildman–Crippen MR) is 173 cm³/mol. The van der Waals surface area contributed by atoms with Gasteiger partial charge in [-0.3, -0.25) is 4.79 Å². The smallest absolute Gasteiger partial charge is 0.407 e. The normalized spacial score (nSPS) is 33.0. The van der Waals surface area contributed by atoms with Crippen molar-refractivity contribution in [3.05, 3.63) is 36.0 Å². The maximum absolute atomic E-state index is 12.8. The first-order valence-electron chi connectivity index (χ1n) is 16.9. The van der Waals surface area contributed by atoms with E-state index in [0.29, 0.717) is 32.2 Å². The van der Waals surface area contributed by atoms with Crippen molar-refractivity contribution in [1.82, 2.24) is 10.2 Å². The molecule has 0 aromatic rings. The van der Waals surface area contributed by atoms with Gasteiger partial charge in [-0.05, 0) is 76.6 Å². The van der Waals surface area contributed by atoms with Gasteiger partial charge >= 0.3 is 12.1 Å². The van der Waals surface area contributed by atoms with Crippen molar-refractivity contribution in [2.45, 2.75) is 129 Å². The van der Waals surface area contributed by atoms with Gasteiger partial charge in [0.05, 0.1) is 36.4 Å². The molecule has 2 saturated heterocycles. The van der Waals surface area contributed by atoms with Crippen molar-refractivity contribution < 1.29 is 39.1 Å². The van der Waals surface area contributed by atoms with E-state index in [1.807, 2.05) is 52.8 Å². The standard InChI is InChI=1S/C35H58N2O8/c1-7-28(39)26(5)33-30(43-33)22-35(6,42)16-10-11-24(3)32-25(4)13-15-29(23(2)12-14-27(38)21-31(40)45-32)44-34(41)36-17-20-37-18-8-9-19-37/h10-11,13,15-16,23,25-30,32-33,38-39,42H,7-9,12,14,17-22H2,1-6H3,(H,36,41). The number of carbonyl (C=O) groups excluding carboxylic acids is 2. The van der Waals surface area contributed by atoms with E-state index in [1.165, 1.54) is 12.8 Å². The van der Waals surface area contributed by atoms with Gasteiger partial charge in [-0.15, -0.1) is 0 Å². The molecule has 3 heterocycles. The lowest BCUT2D eigenvalue weighted by Crippen LogP contribution is -2.37. The Morgan fingerprint density at radius 3 is 2.64 bits per heavy atom. The first-order chi connectivity index (χ1) is 21.3. The van der Waals surface area contributed by atoms with Crippen LogP contribution in [0.5, 0.6) is 0 Å². The molecule has 3 rings (SSSR count). The lowest BCUT2D eigenvalue weighted by Gasteiger charge is -2.27. The Bertz CT molecular complexity index is 1040. The zero-order chi connectivity index (χ0) is 33.1. The van der Waals surface area contributed by atoms with Crippen LogP contribution in [0.3, 0.4) is 0 Å². The van der Waals surface area contributed by atoms with Crippen LogP contribution in [0.1, 0.15) is 86.5 Å². The highest BCUT2D eigenvalue weighted by atomic mass is 16.6. The summed E-state index contributed by atoms with van der Waals surface area (Å²) in [6, 6.07) is 0. The number of nitrogens with one attached hydrogen (secondary N) is 1. The van der Waals surface area contributed by atoms with Crippen LogP contribution >= 0.6 is 0 Å². The third kappa shape index (κ3) is 12.5. The molecule has 0 aromatic carbocycles. The van der Waals surface area contributed by atoms with E-state index in [0.717, 1.165) is 25.2 Å². The van der Waals surface area contributed by atoms with Gasteiger partial charge in [0.1, 0.15) is 12.2 Å². The number of cyclic esters (lactones) is 1. The number of ether oxygens (including phenoxy) is 3. The largest absolute Gasteiger partial charge is 0.457 e. The number of hydrogen-bond donors (Lipinski definition) is 4. The number of aliphatic hydroxyl groups is 3. The fourth-order valence-corrected chi connectivity index (χ4v) is 6.29. The van der Waals surface area contributed by atoms with E-state index in [2.05, 4.69) is 10.2 Å². The van der Waals surface area contributed by atoms with Gasteiger partial charge in [0.2, 0.25) is 0 Å². The van der Waals surface area contributed by atoms with Crippen molar-refractivity contribution in [2.75, 3.05) is 26.2 Å². The topological polar surface area (TPSA) is 141 Å². The van der Waals surface area contributed by atoms with Gasteiger partial charge in [0.25, 0.3) is 0 Å². The van der Waals surface area contributed by atoms with Crippen LogP contribution in [-0.2, 0) is 19.0 Å². The molecule has 256 valence electrons. The average Bonchev–Trinajstić information content (AvgIpc) is 3.52. The SMILES string of the molecule is CCC(O)C(C)C1OC1CC(C)(O)C=CC=C(C)C1OC(=O)CC(O)CCC(C)C(OC(=O)NCCN2CCCC2)C=CC1C. The van der Waals surface area contributed by atoms with Crippen molar-refractivity contribution in [1.29, 1.82) is 0 Å². The Hall–Kier alpha value is -2.24. The summed E-state index contributed by atoms with van der Waals surface area (Å²) >= 11 is 0. The molecule has 0 saturated carbocycles. The molecule has 10 nitrogen and oxygen atoms in total. The van der Waals surface area contributed by atoms with Gasteiger partial charge in [-0.1, -0.05) is 52.0 Å². The lowest BCUT2D eigenvalue weighted by molar-refractivity contribution is -0.151. The summed E-state index contributed by atoms with van der Waals surface area (Å²) < 4.78 is 17.4. The minimum atomic E-state index is -1.12. The number of hydrogen-bond acceptors (Lipinski definition) is 9. The summed E-state index contributed by atoms with van der Waals surface area (Å²) in [5, 5.41) is 34.5. The molecule has 0 bridgehead atoms. The van der Waals surface area contributed by atoms with E-state index in [-0.39, 0.29) is 36.4 Å². The Morgan fingerprint density at radius 2 is 1.96 bits per heavy atom. The average molecular weight is 635 g/mol. The lowest BCUT2D eigenvalue weighted by atomic mass is 9.91. The Morgan fingerprint density at radius 1 is 1.24 bits per heavy atom. The maximum atomic E-state index is 12.8. The number of rotatable bonds is 12. The molecule has 3 aliphatic rings. The predicted octanol–water partition coefficient (Wildman–Crippen LogP) is 4.28. The highest BCUT2D eigenvalue weighted by molar-refractivity contribution is 5.70. The summed E-state index contributed by atoms with van der Waals surface area (Å²) in [6.07, 6.45) is 10.3. The summed E-state index contributed by atoms with van der Waals surface area (Å²) in [5.74, 6) is -0.784. The number of nitrogens with zero attached hydrogens (tertiary/aromatic N) is 1. The third-order valence-corrected chi connectivity index (χ3v) is 9.44. The minimum Gasteiger partial charge on any atom is -0.457 e. The number of likely N-dealkylation sites (tertiary alicyclic amines) is 1. The van der Waals surface area contributed by atoms with Gasteiger partial charge in [0.15, 0.2) is 0 Å². The zero-order valence-corrected chi connectivity index (χ0v) is 28.2. The number of alkyl carbamates (subject to hydrolysis) is 1. The van der Waals surface area contributed by atoms with Crippen molar-refractivity contribution in [2.24, 2.45) is 17.8 Å². The molecule has 1 amide bonds. The molecule has 0 aromatic heterocycles. The number of allylic oxidation sites excluding steroid dienone is 2. The quantitative estimate of drug-likeness (QED) is 0.107. The third-order valence-electron chi connectivity index (χ3n) is 9.44. The van der Waals surface area contributed by atoms with Crippen LogP contribution in [-0.4, -0.2) is 101 Å². The van der Waals surface area contributed by atoms with Gasteiger partial charge in [-0.2, -0.15) is 0 Å². The fourth-order valence-electron chi connectivity index (χ4n) is 6.29. The molecule has 4 N–H and O–H groups in total. The Labute approximate surface area is 269 Å². The number of esters is 1. The second-order valence-electron chi connectivity index (χ2n) is 13.7. The first-order valence-corrected chi connectivity index (χ1v) is 16.9. The van der Waals surface area contributed by atoms with E-state index in [1.54, 1.807) is 19.1 Å². The number of aliphatic hydroxyl groups excluding tert-OH is 2. The van der Waals surface area contributed by atoms with Crippen LogP contribution in [0.2, 0.25) is 0 Å². The fraction of sp³-hybridized carbons (Fsp3) is 0.771. The van der Waals surface area contributed by atoms with E-state index in [4.69, 9.17) is 14.2 Å². The molecular formula is C35H58N2O8. The number of amides is 1. The van der Waals surface area contributed by atoms with Gasteiger partial charge < -0.3 is 39.7 Å². The van der Waals surface area contributed by atoms with Gasteiger partial charge in [0, 0.05) is 31.3 Å². The molecule has 3 aliphatic heterocycles. The monoisotopic (exact) mass is 634 g/mol. The Balaban J connectivity index is 1.65. The molecule has 0 aliphatic carbocycles. The molecule has 0 spiro atoms. The molecule has 10 heteroatoms. The molecule has 10 unspecified atom stereocenters. The molecule has 10 atom stereocenters. The van der Waals surface area contributed by atoms with E-state index < -0.39 is 42.1 Å². The summed E-state index contributed by atoms with van der Waals surface area (Å²) in [5.41, 5.74) is -0.355. The van der Waals surface area contributed by atoms with Crippen molar-refractivity contribution in [3.63, 3.8) is 0 Å². The Kier molecular flexibility index (Phi) is 14.6. The van der Waals surface area contributed by atoms with Crippen LogP contribution in [0, 0.1) is 17.8 Å². The highest BCUT2D eigenvalue weighted by Crippen LogP contribution is 2.37. The van der Waals surface area contributed by atoms with Crippen molar-refractivity contribution >= 4 is 12.1 Å². The summed E-state index contributed by atoms with van der Waals surface area (Å²) in [4.78, 5) is 27.8. The summed E-state index contributed by atoms with van der Waals surface area (Å²) in [7, 11) is 0. The number of epoxide rings is 1. The van der Waals surface area contributed by atoms with Crippen LogP contribution in [0.4, 0.5) is 4.79 Å². The highest BCUT2D eigenvalue weighted by Gasteiger charge is 2.47. The molecule has 45 heavy (non-hydrogen) atoms. The van der Waals surface area contributed by atoms with E-state index in [9.17, 15) is 24.9 Å². The molecular weight excluding hydrogens is 576 g/mol. The first kappa shape index (κ1) is 37.2. The zero-order valence-electron chi connectivity index (χ0n) is 28.2. The van der Waals surface area contributed by atoms with Crippen LogP contribution < -0.4 is 5.32 Å².